The quantitative estimate of drug-likeness (QED) is 0.838. The van der Waals surface area contributed by atoms with Gasteiger partial charge >= 0.3 is 0 Å². The lowest BCUT2D eigenvalue weighted by Crippen LogP contribution is -2.22. The first kappa shape index (κ1) is 11.6. The van der Waals surface area contributed by atoms with E-state index in [4.69, 9.17) is 0 Å². The van der Waals surface area contributed by atoms with E-state index in [0.717, 1.165) is 0 Å². The molecule has 2 aromatic rings. The average Bonchev–Trinajstić information content (AvgIpc) is 2.64. The van der Waals surface area contributed by atoms with Crippen LogP contribution in [0.2, 0.25) is 0 Å². The summed E-state index contributed by atoms with van der Waals surface area (Å²) < 4.78 is 1.50. The van der Waals surface area contributed by atoms with Crippen molar-refractivity contribution in [3.63, 3.8) is 0 Å². The van der Waals surface area contributed by atoms with E-state index in [-0.39, 0.29) is 5.75 Å². The van der Waals surface area contributed by atoms with E-state index in [9.17, 15) is 10.2 Å². The molecule has 17 heavy (non-hydrogen) atoms. The molecule has 0 saturated heterocycles. The van der Waals surface area contributed by atoms with Crippen LogP contribution >= 0.6 is 0 Å². The molecule has 0 atom stereocenters. The smallest absolute Gasteiger partial charge is 0.141 e. The molecule has 2 N–H and O–H groups in total. The molecular weight excluding hydrogens is 218 g/mol. The van der Waals surface area contributed by atoms with Gasteiger partial charge in [-0.15, -0.1) is 5.10 Å². The van der Waals surface area contributed by atoms with Crippen LogP contribution in [0.3, 0.4) is 0 Å². The van der Waals surface area contributed by atoms with Crippen LogP contribution in [-0.4, -0.2) is 30.8 Å². The van der Waals surface area contributed by atoms with Gasteiger partial charge < -0.3 is 10.2 Å². The minimum atomic E-state index is -0.820. The Morgan fingerprint density at radius 2 is 2.00 bits per heavy atom. The van der Waals surface area contributed by atoms with Crippen LogP contribution in [0.15, 0.2) is 30.5 Å². The summed E-state index contributed by atoms with van der Waals surface area (Å²) >= 11 is 0. The number of para-hydroxylation sites is 2. The fourth-order valence-electron chi connectivity index (χ4n) is 1.60. The van der Waals surface area contributed by atoms with E-state index in [2.05, 4.69) is 10.3 Å². The summed E-state index contributed by atoms with van der Waals surface area (Å²) in [4.78, 5) is 0. The maximum absolute atomic E-state index is 9.68. The normalized spacial score (nSPS) is 11.7. The molecule has 5 heteroatoms. The lowest BCUT2D eigenvalue weighted by Gasteiger charge is -2.13. The van der Waals surface area contributed by atoms with Crippen molar-refractivity contribution in [1.29, 1.82) is 0 Å². The van der Waals surface area contributed by atoms with Gasteiger partial charge in [-0.05, 0) is 26.0 Å². The van der Waals surface area contributed by atoms with E-state index in [1.54, 1.807) is 38.2 Å². The molecule has 0 aliphatic carbocycles. The molecule has 0 aliphatic heterocycles. The van der Waals surface area contributed by atoms with Gasteiger partial charge in [-0.1, -0.05) is 17.3 Å². The predicted octanol–water partition coefficient (Wildman–Crippen LogP) is 1.29. The summed E-state index contributed by atoms with van der Waals surface area (Å²) in [5.74, 6) is 0.146. The first-order valence-electron chi connectivity index (χ1n) is 5.38. The Labute approximate surface area is 99.3 Å². The maximum Gasteiger partial charge on any atom is 0.141 e. The summed E-state index contributed by atoms with van der Waals surface area (Å²) in [7, 11) is 0. The molecule has 1 heterocycles. The molecule has 0 spiro atoms. The van der Waals surface area contributed by atoms with Gasteiger partial charge in [0.2, 0.25) is 0 Å². The fraction of sp³-hybridized carbons (Fsp3) is 0.333. The number of nitrogens with zero attached hydrogens (tertiary/aromatic N) is 3. The third kappa shape index (κ3) is 2.82. The fourth-order valence-corrected chi connectivity index (χ4v) is 1.60. The van der Waals surface area contributed by atoms with Crippen molar-refractivity contribution < 1.29 is 10.2 Å². The standard InChI is InChI=1S/C12H15N3O2/c1-12(2,17)7-9-8-15(14-13-9)10-5-3-4-6-11(10)16/h3-6,8,16-17H,7H2,1-2H3. The van der Waals surface area contributed by atoms with Gasteiger partial charge in [0.1, 0.15) is 11.4 Å². The Kier molecular flexibility index (Phi) is 2.85. The number of hydrogen-bond donors (Lipinski definition) is 2. The Morgan fingerprint density at radius 3 is 2.65 bits per heavy atom. The van der Waals surface area contributed by atoms with Crippen LogP contribution in [-0.2, 0) is 6.42 Å². The largest absolute Gasteiger partial charge is 0.506 e. The molecule has 1 aromatic carbocycles. The van der Waals surface area contributed by atoms with Crippen molar-refractivity contribution in [1.82, 2.24) is 15.0 Å². The second-order valence-electron chi connectivity index (χ2n) is 4.63. The van der Waals surface area contributed by atoms with Gasteiger partial charge in [-0.25, -0.2) is 4.68 Å². The van der Waals surface area contributed by atoms with Crippen LogP contribution in [0.4, 0.5) is 0 Å². The van der Waals surface area contributed by atoms with Crippen molar-refractivity contribution in [2.24, 2.45) is 0 Å². The molecule has 1 aromatic heterocycles. The molecule has 90 valence electrons. The minimum Gasteiger partial charge on any atom is -0.506 e. The third-order valence-corrected chi connectivity index (χ3v) is 2.28. The highest BCUT2D eigenvalue weighted by Gasteiger charge is 2.16. The Balaban J connectivity index is 2.28. The summed E-state index contributed by atoms with van der Waals surface area (Å²) in [6.45, 7) is 3.43. The van der Waals surface area contributed by atoms with E-state index in [1.807, 2.05) is 6.07 Å². The molecule has 5 nitrogen and oxygen atoms in total. The highest BCUT2D eigenvalue weighted by molar-refractivity contribution is 5.44. The van der Waals surface area contributed by atoms with Gasteiger partial charge in [0.05, 0.1) is 17.5 Å². The first-order valence-corrected chi connectivity index (χ1v) is 5.38. The van der Waals surface area contributed by atoms with Gasteiger partial charge in [0.15, 0.2) is 0 Å². The lowest BCUT2D eigenvalue weighted by molar-refractivity contribution is 0.0799. The molecule has 0 bridgehead atoms. The van der Waals surface area contributed by atoms with Gasteiger partial charge in [-0.3, -0.25) is 0 Å². The average molecular weight is 233 g/mol. The first-order chi connectivity index (χ1) is 7.96. The van der Waals surface area contributed by atoms with E-state index in [0.29, 0.717) is 17.8 Å². The van der Waals surface area contributed by atoms with Crippen molar-refractivity contribution >= 4 is 0 Å². The molecule has 0 fully saturated rings. The number of rotatable bonds is 3. The monoisotopic (exact) mass is 233 g/mol. The zero-order chi connectivity index (χ0) is 12.5. The van der Waals surface area contributed by atoms with Gasteiger partial charge in [-0.2, -0.15) is 0 Å². The van der Waals surface area contributed by atoms with Gasteiger partial charge in [0.25, 0.3) is 0 Å². The third-order valence-electron chi connectivity index (χ3n) is 2.28. The molecule has 0 unspecified atom stereocenters. The van der Waals surface area contributed by atoms with Crippen molar-refractivity contribution in [3.05, 3.63) is 36.2 Å². The van der Waals surface area contributed by atoms with Crippen LogP contribution in [0, 0.1) is 0 Å². The van der Waals surface area contributed by atoms with Crippen LogP contribution in [0.25, 0.3) is 5.69 Å². The van der Waals surface area contributed by atoms with Crippen LogP contribution in [0.5, 0.6) is 5.75 Å². The number of phenolic OH excluding ortho intramolecular Hbond substituents is 1. The van der Waals surface area contributed by atoms with E-state index in [1.165, 1.54) is 4.68 Å². The highest BCUT2D eigenvalue weighted by atomic mass is 16.3. The zero-order valence-corrected chi connectivity index (χ0v) is 9.83. The topological polar surface area (TPSA) is 71.2 Å². The second kappa shape index (κ2) is 4.18. The summed E-state index contributed by atoms with van der Waals surface area (Å²) in [5.41, 5.74) is 0.433. The molecular formula is C12H15N3O2. The minimum absolute atomic E-state index is 0.146. The maximum atomic E-state index is 9.68. The second-order valence-corrected chi connectivity index (χ2v) is 4.63. The van der Waals surface area contributed by atoms with E-state index < -0.39 is 5.60 Å². The Hall–Kier alpha value is -1.88. The van der Waals surface area contributed by atoms with Gasteiger partial charge in [0, 0.05) is 6.42 Å². The molecule has 0 saturated carbocycles. The summed E-state index contributed by atoms with van der Waals surface area (Å²) in [5, 5.41) is 27.2. The highest BCUT2D eigenvalue weighted by Crippen LogP contribution is 2.20. The van der Waals surface area contributed by atoms with Crippen molar-refractivity contribution in [2.45, 2.75) is 25.9 Å². The lowest BCUT2D eigenvalue weighted by atomic mass is 10.0. The number of aromatic nitrogens is 3. The number of hydrogen-bond acceptors (Lipinski definition) is 4. The molecule has 0 amide bonds. The Morgan fingerprint density at radius 1 is 1.29 bits per heavy atom. The predicted molar refractivity (Wildman–Crippen MR) is 63.0 cm³/mol. The SMILES string of the molecule is CC(C)(O)Cc1cn(-c2ccccc2O)nn1. The van der Waals surface area contributed by atoms with Crippen LogP contribution in [0.1, 0.15) is 19.5 Å². The summed E-state index contributed by atoms with van der Waals surface area (Å²) in [6, 6.07) is 6.89. The Bertz CT molecular complexity index is 514. The molecule has 0 aliphatic rings. The van der Waals surface area contributed by atoms with Crippen LogP contribution < -0.4 is 0 Å². The number of aromatic hydroxyl groups is 1. The molecule has 0 radical (unpaired) electrons. The van der Waals surface area contributed by atoms with Crippen molar-refractivity contribution in [2.75, 3.05) is 0 Å². The number of aliphatic hydroxyl groups is 1. The number of phenols is 1. The zero-order valence-electron chi connectivity index (χ0n) is 9.83. The van der Waals surface area contributed by atoms with Crippen molar-refractivity contribution in [3.8, 4) is 11.4 Å². The summed E-state index contributed by atoms with van der Waals surface area (Å²) in [6.07, 6.45) is 2.12. The van der Waals surface area contributed by atoms with E-state index >= 15 is 0 Å². The molecule has 2 rings (SSSR count). The number of benzene rings is 1.